The average molecular weight is 381 g/mol. The number of amides is 1. The molecular weight excluding hydrogens is 358 g/mol. The molecule has 5 rings (SSSR count). The highest BCUT2D eigenvalue weighted by Gasteiger charge is 2.34. The number of anilines is 1. The number of hydrogen-bond donors (Lipinski definition) is 0. The van der Waals surface area contributed by atoms with E-state index in [1.54, 1.807) is 0 Å². The molecule has 1 aromatic heterocycles. The minimum Gasteiger partial charge on any atom is -0.323 e. The molecule has 4 aromatic rings. The smallest absolute Gasteiger partial charge is 0.227 e. The van der Waals surface area contributed by atoms with Crippen LogP contribution < -0.4 is 4.90 Å². The van der Waals surface area contributed by atoms with E-state index in [0.717, 1.165) is 29.1 Å². The Balaban J connectivity index is 1.53. The highest BCUT2D eigenvalue weighted by atomic mass is 16.2. The van der Waals surface area contributed by atoms with Crippen LogP contribution in [0.1, 0.15) is 29.3 Å². The van der Waals surface area contributed by atoms with Gasteiger partial charge in [-0.1, -0.05) is 60.2 Å². The van der Waals surface area contributed by atoms with Crippen molar-refractivity contribution in [2.24, 2.45) is 0 Å². The Labute approximate surface area is 170 Å². The average Bonchev–Trinajstić information content (AvgIpc) is 3.31. The summed E-state index contributed by atoms with van der Waals surface area (Å²) in [5, 5.41) is 0. The summed E-state index contributed by atoms with van der Waals surface area (Å²) in [6.07, 6.45) is 0.492. The number of nitrogens with zero attached hydrogens (tertiary/aromatic N) is 3. The Hall–Kier alpha value is -3.40. The second kappa shape index (κ2) is 7.21. The van der Waals surface area contributed by atoms with Crippen LogP contribution in [0.2, 0.25) is 0 Å². The maximum atomic E-state index is 12.8. The van der Waals surface area contributed by atoms with Crippen molar-refractivity contribution >= 4 is 22.6 Å². The maximum absolute atomic E-state index is 12.8. The van der Waals surface area contributed by atoms with Gasteiger partial charge in [-0.15, -0.1) is 0 Å². The van der Waals surface area contributed by atoms with Crippen LogP contribution >= 0.6 is 0 Å². The molecule has 1 saturated heterocycles. The lowest BCUT2D eigenvalue weighted by Crippen LogP contribution is -2.24. The van der Waals surface area contributed by atoms with Crippen molar-refractivity contribution in [3.63, 3.8) is 0 Å². The standard InChI is InChI=1S/C25H23N3O/c1-18-11-13-19(14-12-18)16-28-23-10-6-5-9-22(23)26-25(28)20-15-24(29)27(17-20)21-7-3-2-4-8-21/h2-14,20H,15-17H2,1H3/t20-/m0/s1. The fourth-order valence-electron chi connectivity index (χ4n) is 4.19. The normalized spacial score (nSPS) is 16.7. The summed E-state index contributed by atoms with van der Waals surface area (Å²) in [6.45, 7) is 3.52. The topological polar surface area (TPSA) is 38.1 Å². The fourth-order valence-corrected chi connectivity index (χ4v) is 4.19. The molecule has 1 aliphatic heterocycles. The highest BCUT2D eigenvalue weighted by molar-refractivity contribution is 5.96. The van der Waals surface area contributed by atoms with Gasteiger partial charge in [0.15, 0.2) is 0 Å². The molecule has 0 radical (unpaired) electrons. The van der Waals surface area contributed by atoms with Gasteiger partial charge >= 0.3 is 0 Å². The molecule has 0 saturated carbocycles. The lowest BCUT2D eigenvalue weighted by molar-refractivity contribution is -0.117. The van der Waals surface area contributed by atoms with Crippen LogP contribution in [-0.4, -0.2) is 22.0 Å². The van der Waals surface area contributed by atoms with E-state index in [1.807, 2.05) is 41.3 Å². The van der Waals surface area contributed by atoms with Crippen LogP contribution in [-0.2, 0) is 11.3 Å². The second-order valence-corrected chi connectivity index (χ2v) is 7.77. The molecule has 144 valence electrons. The number of carbonyl (C=O) groups excluding carboxylic acids is 1. The number of benzene rings is 3. The number of aryl methyl sites for hydroxylation is 1. The van der Waals surface area contributed by atoms with Crippen LogP contribution in [0.5, 0.6) is 0 Å². The van der Waals surface area contributed by atoms with Crippen molar-refractivity contribution in [3.05, 3.63) is 95.8 Å². The van der Waals surface area contributed by atoms with Crippen molar-refractivity contribution in [1.82, 2.24) is 9.55 Å². The number of imidazole rings is 1. The Morgan fingerprint density at radius 3 is 2.45 bits per heavy atom. The SMILES string of the molecule is Cc1ccc(Cn2c([C@H]3CC(=O)N(c4ccccc4)C3)nc3ccccc32)cc1. The number of fused-ring (bicyclic) bond motifs is 1. The first-order valence-electron chi connectivity index (χ1n) is 10.0. The van der Waals surface area contributed by atoms with Gasteiger partial charge in [-0.3, -0.25) is 4.79 Å². The van der Waals surface area contributed by atoms with E-state index in [9.17, 15) is 4.79 Å². The fraction of sp³-hybridized carbons (Fsp3) is 0.200. The van der Waals surface area contributed by atoms with Crippen LogP contribution in [0.25, 0.3) is 11.0 Å². The molecule has 1 fully saturated rings. The van der Waals surface area contributed by atoms with Gasteiger partial charge in [0, 0.05) is 31.1 Å². The molecule has 0 spiro atoms. The molecule has 4 heteroatoms. The maximum Gasteiger partial charge on any atom is 0.227 e. The molecule has 0 N–H and O–H groups in total. The monoisotopic (exact) mass is 381 g/mol. The van der Waals surface area contributed by atoms with E-state index >= 15 is 0 Å². The summed E-state index contributed by atoms with van der Waals surface area (Å²) in [7, 11) is 0. The third-order valence-corrected chi connectivity index (χ3v) is 5.70. The zero-order chi connectivity index (χ0) is 19.8. The number of para-hydroxylation sites is 3. The Kier molecular flexibility index (Phi) is 4.39. The van der Waals surface area contributed by atoms with Crippen LogP contribution in [0.4, 0.5) is 5.69 Å². The summed E-state index contributed by atoms with van der Waals surface area (Å²) in [5.41, 5.74) is 5.56. The molecule has 4 nitrogen and oxygen atoms in total. The van der Waals surface area contributed by atoms with E-state index in [4.69, 9.17) is 4.98 Å². The second-order valence-electron chi connectivity index (χ2n) is 7.77. The lowest BCUT2D eigenvalue weighted by Gasteiger charge is -2.17. The number of carbonyl (C=O) groups is 1. The van der Waals surface area contributed by atoms with Gasteiger partial charge < -0.3 is 9.47 Å². The summed E-state index contributed by atoms with van der Waals surface area (Å²) in [4.78, 5) is 19.6. The first-order valence-corrected chi connectivity index (χ1v) is 10.0. The van der Waals surface area contributed by atoms with E-state index in [2.05, 4.69) is 54.0 Å². The lowest BCUT2D eigenvalue weighted by atomic mass is 10.1. The summed E-state index contributed by atoms with van der Waals surface area (Å²) >= 11 is 0. The summed E-state index contributed by atoms with van der Waals surface area (Å²) in [6, 6.07) is 26.8. The Morgan fingerprint density at radius 1 is 0.931 bits per heavy atom. The largest absolute Gasteiger partial charge is 0.323 e. The van der Waals surface area contributed by atoms with Crippen molar-refractivity contribution in [2.75, 3.05) is 11.4 Å². The third-order valence-electron chi connectivity index (χ3n) is 5.70. The number of hydrogen-bond acceptors (Lipinski definition) is 2. The van der Waals surface area contributed by atoms with Crippen molar-refractivity contribution < 1.29 is 4.79 Å². The summed E-state index contributed by atoms with van der Waals surface area (Å²) < 4.78 is 2.28. The number of aromatic nitrogens is 2. The van der Waals surface area contributed by atoms with Gasteiger partial charge in [0.2, 0.25) is 5.91 Å². The van der Waals surface area contributed by atoms with Crippen molar-refractivity contribution in [3.8, 4) is 0 Å². The molecule has 1 atom stereocenters. The molecule has 0 aliphatic carbocycles. The minimum absolute atomic E-state index is 0.0838. The van der Waals surface area contributed by atoms with Crippen molar-refractivity contribution in [1.29, 1.82) is 0 Å². The molecule has 0 bridgehead atoms. The molecule has 1 aliphatic rings. The first kappa shape index (κ1) is 17.7. The van der Waals surface area contributed by atoms with E-state index in [1.165, 1.54) is 11.1 Å². The zero-order valence-corrected chi connectivity index (χ0v) is 16.5. The van der Waals surface area contributed by atoms with Gasteiger partial charge in [-0.2, -0.15) is 0 Å². The minimum atomic E-state index is 0.0838. The molecular formula is C25H23N3O. The predicted molar refractivity (Wildman–Crippen MR) is 116 cm³/mol. The van der Waals surface area contributed by atoms with E-state index in [-0.39, 0.29) is 11.8 Å². The van der Waals surface area contributed by atoms with Crippen molar-refractivity contribution in [2.45, 2.75) is 25.8 Å². The van der Waals surface area contributed by atoms with Crippen LogP contribution in [0.3, 0.4) is 0 Å². The quantitative estimate of drug-likeness (QED) is 0.504. The van der Waals surface area contributed by atoms with E-state index < -0.39 is 0 Å². The predicted octanol–water partition coefficient (Wildman–Crippen LogP) is 4.91. The highest BCUT2D eigenvalue weighted by Crippen LogP contribution is 2.33. The Bertz CT molecular complexity index is 1160. The van der Waals surface area contributed by atoms with Gasteiger partial charge in [0.05, 0.1) is 11.0 Å². The van der Waals surface area contributed by atoms with Crippen LogP contribution in [0.15, 0.2) is 78.9 Å². The molecule has 0 unspecified atom stereocenters. The molecule has 29 heavy (non-hydrogen) atoms. The molecule has 1 amide bonds. The first-order chi connectivity index (χ1) is 14.2. The van der Waals surface area contributed by atoms with Gasteiger partial charge in [0.1, 0.15) is 5.82 Å². The molecule has 2 heterocycles. The van der Waals surface area contributed by atoms with Gasteiger partial charge in [-0.05, 0) is 36.8 Å². The Morgan fingerprint density at radius 2 is 1.66 bits per heavy atom. The summed E-state index contributed by atoms with van der Waals surface area (Å²) in [5.74, 6) is 1.24. The molecule has 3 aromatic carbocycles. The third kappa shape index (κ3) is 3.31. The van der Waals surface area contributed by atoms with E-state index in [0.29, 0.717) is 13.0 Å². The zero-order valence-electron chi connectivity index (χ0n) is 16.5. The number of rotatable bonds is 4. The van der Waals surface area contributed by atoms with Gasteiger partial charge in [0.25, 0.3) is 0 Å². The van der Waals surface area contributed by atoms with Crippen LogP contribution in [0, 0.1) is 6.92 Å². The van der Waals surface area contributed by atoms with Gasteiger partial charge in [-0.25, -0.2) is 4.98 Å².